The summed E-state index contributed by atoms with van der Waals surface area (Å²) < 4.78 is 0. The van der Waals surface area contributed by atoms with E-state index in [9.17, 15) is 4.79 Å². The summed E-state index contributed by atoms with van der Waals surface area (Å²) in [4.78, 5) is 12.0. The van der Waals surface area contributed by atoms with Gasteiger partial charge in [0.2, 0.25) is 0 Å². The van der Waals surface area contributed by atoms with Crippen LogP contribution in [0, 0.1) is 11.8 Å². The van der Waals surface area contributed by atoms with Gasteiger partial charge in [-0.2, -0.15) is 0 Å². The first-order valence-corrected chi connectivity index (χ1v) is 6.89. The lowest BCUT2D eigenvalue weighted by molar-refractivity contribution is 0.149. The Bertz CT molecular complexity index is 240. The Morgan fingerprint density at radius 1 is 1.28 bits per heavy atom. The van der Waals surface area contributed by atoms with Gasteiger partial charge in [0.05, 0.1) is 6.61 Å². The largest absolute Gasteiger partial charge is 0.465 e. The van der Waals surface area contributed by atoms with Crippen LogP contribution in [0.4, 0.5) is 4.79 Å². The number of aliphatic hydroxyl groups excluding tert-OH is 1. The number of nitrogens with one attached hydrogen (secondary N) is 1. The molecule has 0 aliphatic heterocycles. The average Bonchev–Trinajstić information content (AvgIpc) is 2.37. The van der Waals surface area contributed by atoms with E-state index in [2.05, 4.69) is 5.32 Å². The molecule has 0 saturated heterocycles. The molecular weight excluding hydrogens is 232 g/mol. The molecule has 3 N–H and O–H groups in total. The van der Waals surface area contributed by atoms with Crippen LogP contribution in [0.15, 0.2) is 0 Å². The van der Waals surface area contributed by atoms with Crippen LogP contribution >= 0.6 is 0 Å². The number of carbonyl (C=O) groups is 1. The molecule has 0 atom stereocenters. The second kappa shape index (κ2) is 8.32. The smallest absolute Gasteiger partial charge is 0.407 e. The molecule has 1 aliphatic rings. The molecule has 0 aromatic rings. The molecule has 1 rings (SSSR count). The lowest BCUT2D eigenvalue weighted by Crippen LogP contribution is -2.30. The van der Waals surface area contributed by atoms with Crippen molar-refractivity contribution < 1.29 is 15.0 Å². The van der Waals surface area contributed by atoms with Gasteiger partial charge in [0.25, 0.3) is 0 Å². The number of nitrogens with zero attached hydrogens (tertiary/aromatic N) is 1. The topological polar surface area (TPSA) is 72.8 Å². The summed E-state index contributed by atoms with van der Waals surface area (Å²) in [7, 11) is 1.63. The standard InChI is InChI=1S/C13H26N2O3/c1-15(13(17)18)8-6-11-2-4-12(5-3-11)10-14-7-9-16/h11-12,14,16H,2-10H2,1H3,(H,17,18). The van der Waals surface area contributed by atoms with Crippen LogP contribution in [0.2, 0.25) is 0 Å². The van der Waals surface area contributed by atoms with Crippen LogP contribution in [0.25, 0.3) is 0 Å². The van der Waals surface area contributed by atoms with Crippen molar-refractivity contribution in [2.75, 3.05) is 33.3 Å². The Labute approximate surface area is 109 Å². The minimum Gasteiger partial charge on any atom is -0.465 e. The van der Waals surface area contributed by atoms with Crippen molar-refractivity contribution in [2.45, 2.75) is 32.1 Å². The Hall–Kier alpha value is -0.810. The summed E-state index contributed by atoms with van der Waals surface area (Å²) >= 11 is 0. The van der Waals surface area contributed by atoms with E-state index in [0.717, 1.165) is 18.9 Å². The summed E-state index contributed by atoms with van der Waals surface area (Å²) in [5.41, 5.74) is 0. The van der Waals surface area contributed by atoms with Crippen LogP contribution in [-0.4, -0.2) is 54.5 Å². The van der Waals surface area contributed by atoms with Crippen molar-refractivity contribution in [1.29, 1.82) is 0 Å². The van der Waals surface area contributed by atoms with E-state index < -0.39 is 6.09 Å². The van der Waals surface area contributed by atoms with Gasteiger partial charge in [0.1, 0.15) is 0 Å². The number of amides is 1. The highest BCUT2D eigenvalue weighted by Crippen LogP contribution is 2.30. The third-order valence-electron chi connectivity index (χ3n) is 3.89. The van der Waals surface area contributed by atoms with E-state index in [-0.39, 0.29) is 6.61 Å². The van der Waals surface area contributed by atoms with Crippen LogP contribution in [0.3, 0.4) is 0 Å². The Morgan fingerprint density at radius 3 is 2.44 bits per heavy atom. The van der Waals surface area contributed by atoms with E-state index in [1.165, 1.54) is 30.6 Å². The SMILES string of the molecule is CN(CCC1CCC(CNCCO)CC1)C(=O)O. The van der Waals surface area contributed by atoms with E-state index in [4.69, 9.17) is 10.2 Å². The molecule has 1 fully saturated rings. The highest BCUT2D eigenvalue weighted by molar-refractivity contribution is 5.64. The van der Waals surface area contributed by atoms with Gasteiger partial charge < -0.3 is 20.4 Å². The van der Waals surface area contributed by atoms with Gasteiger partial charge in [0, 0.05) is 20.1 Å². The molecular formula is C13H26N2O3. The first-order chi connectivity index (χ1) is 8.63. The predicted molar refractivity (Wildman–Crippen MR) is 70.7 cm³/mol. The normalized spacial score (nSPS) is 23.9. The van der Waals surface area contributed by atoms with E-state index in [1.807, 2.05) is 0 Å². The zero-order valence-corrected chi connectivity index (χ0v) is 11.3. The fourth-order valence-electron chi connectivity index (χ4n) is 2.58. The maximum absolute atomic E-state index is 10.7. The van der Waals surface area contributed by atoms with Gasteiger partial charge >= 0.3 is 6.09 Å². The van der Waals surface area contributed by atoms with Gasteiger partial charge in [-0.15, -0.1) is 0 Å². The molecule has 0 aromatic heterocycles. The van der Waals surface area contributed by atoms with Crippen LogP contribution in [-0.2, 0) is 0 Å². The molecule has 1 saturated carbocycles. The molecule has 0 spiro atoms. The van der Waals surface area contributed by atoms with Crippen molar-refractivity contribution >= 4 is 6.09 Å². The van der Waals surface area contributed by atoms with Crippen molar-refractivity contribution in [3.8, 4) is 0 Å². The Morgan fingerprint density at radius 2 is 1.89 bits per heavy atom. The second-order valence-electron chi connectivity index (χ2n) is 5.31. The minimum atomic E-state index is -0.836. The second-order valence-corrected chi connectivity index (χ2v) is 5.31. The molecule has 1 amide bonds. The van der Waals surface area contributed by atoms with Gasteiger partial charge in [-0.1, -0.05) is 12.8 Å². The predicted octanol–water partition coefficient (Wildman–Crippen LogP) is 1.37. The summed E-state index contributed by atoms with van der Waals surface area (Å²) in [5, 5.41) is 20.7. The van der Waals surface area contributed by atoms with Crippen LogP contribution in [0.1, 0.15) is 32.1 Å². The first kappa shape index (κ1) is 15.2. The molecule has 1 aliphatic carbocycles. The lowest BCUT2D eigenvalue weighted by atomic mass is 9.80. The van der Waals surface area contributed by atoms with Crippen molar-refractivity contribution in [3.63, 3.8) is 0 Å². The maximum atomic E-state index is 10.7. The summed E-state index contributed by atoms with van der Waals surface area (Å²) in [6.45, 7) is 2.54. The number of aliphatic hydroxyl groups is 1. The fraction of sp³-hybridized carbons (Fsp3) is 0.923. The first-order valence-electron chi connectivity index (χ1n) is 6.89. The minimum absolute atomic E-state index is 0.205. The van der Waals surface area contributed by atoms with E-state index in [1.54, 1.807) is 7.05 Å². The van der Waals surface area contributed by atoms with Gasteiger partial charge in [0.15, 0.2) is 0 Å². The van der Waals surface area contributed by atoms with Crippen LogP contribution < -0.4 is 5.32 Å². The number of rotatable bonds is 7. The quantitative estimate of drug-likeness (QED) is 0.603. The summed E-state index contributed by atoms with van der Waals surface area (Å²) in [5.74, 6) is 1.41. The van der Waals surface area contributed by atoms with Crippen molar-refractivity contribution in [2.24, 2.45) is 11.8 Å². The fourth-order valence-corrected chi connectivity index (χ4v) is 2.58. The Balaban J connectivity index is 2.09. The molecule has 5 nitrogen and oxygen atoms in total. The summed E-state index contributed by atoms with van der Waals surface area (Å²) in [6, 6.07) is 0. The maximum Gasteiger partial charge on any atom is 0.407 e. The molecule has 0 bridgehead atoms. The molecule has 0 heterocycles. The van der Waals surface area contributed by atoms with Crippen molar-refractivity contribution in [3.05, 3.63) is 0 Å². The van der Waals surface area contributed by atoms with E-state index in [0.29, 0.717) is 19.0 Å². The lowest BCUT2D eigenvalue weighted by Gasteiger charge is -2.29. The highest BCUT2D eigenvalue weighted by atomic mass is 16.4. The number of carboxylic acid groups (broad SMARTS) is 1. The monoisotopic (exact) mass is 258 g/mol. The van der Waals surface area contributed by atoms with Gasteiger partial charge in [-0.05, 0) is 37.6 Å². The molecule has 18 heavy (non-hydrogen) atoms. The molecule has 106 valence electrons. The molecule has 0 aromatic carbocycles. The zero-order chi connectivity index (χ0) is 13.4. The number of hydrogen-bond donors (Lipinski definition) is 3. The van der Waals surface area contributed by atoms with Gasteiger partial charge in [-0.3, -0.25) is 0 Å². The van der Waals surface area contributed by atoms with Crippen LogP contribution in [0.5, 0.6) is 0 Å². The molecule has 5 heteroatoms. The average molecular weight is 258 g/mol. The zero-order valence-electron chi connectivity index (χ0n) is 11.3. The van der Waals surface area contributed by atoms with Crippen molar-refractivity contribution in [1.82, 2.24) is 10.2 Å². The Kier molecular flexibility index (Phi) is 7.05. The molecule has 0 unspecified atom stereocenters. The van der Waals surface area contributed by atoms with Gasteiger partial charge in [-0.25, -0.2) is 4.79 Å². The number of hydrogen-bond acceptors (Lipinski definition) is 3. The third kappa shape index (κ3) is 5.69. The molecule has 0 radical (unpaired) electrons. The summed E-state index contributed by atoms with van der Waals surface area (Å²) in [6.07, 6.45) is 5.01. The van der Waals surface area contributed by atoms with E-state index >= 15 is 0 Å². The third-order valence-corrected chi connectivity index (χ3v) is 3.89. The highest BCUT2D eigenvalue weighted by Gasteiger charge is 2.21.